The minimum absolute atomic E-state index is 0.432. The Labute approximate surface area is 148 Å². The first kappa shape index (κ1) is 15.8. The summed E-state index contributed by atoms with van der Waals surface area (Å²) < 4.78 is 2.26. The van der Waals surface area contributed by atoms with Gasteiger partial charge in [0.05, 0.1) is 6.54 Å². The van der Waals surface area contributed by atoms with Crippen molar-refractivity contribution in [2.24, 2.45) is 0 Å². The number of hydrogen-bond donors (Lipinski definition) is 0. The minimum Gasteiger partial charge on any atom is -0.356 e. The monoisotopic (exact) mass is 333 g/mol. The molecule has 1 atom stereocenters. The molecule has 0 bridgehead atoms. The molecule has 25 heavy (non-hydrogen) atoms. The molecule has 0 aliphatic carbocycles. The van der Waals surface area contributed by atoms with E-state index in [0.29, 0.717) is 5.92 Å². The summed E-state index contributed by atoms with van der Waals surface area (Å²) in [6.45, 7) is 5.00. The van der Waals surface area contributed by atoms with Gasteiger partial charge in [0, 0.05) is 50.0 Å². The molecule has 128 valence electrons. The second kappa shape index (κ2) is 7.05. The number of aromatic nitrogens is 4. The highest BCUT2D eigenvalue weighted by Crippen LogP contribution is 2.29. The first-order chi connectivity index (χ1) is 12.3. The average Bonchev–Trinajstić information content (AvgIpc) is 3.11. The molecule has 0 N–H and O–H groups in total. The van der Waals surface area contributed by atoms with Crippen molar-refractivity contribution in [2.75, 3.05) is 18.0 Å². The molecule has 0 saturated carbocycles. The third kappa shape index (κ3) is 3.40. The van der Waals surface area contributed by atoms with Crippen molar-refractivity contribution < 1.29 is 0 Å². The molecule has 4 rings (SSSR count). The lowest BCUT2D eigenvalue weighted by atomic mass is 9.96. The molecule has 3 aromatic rings. The Bertz CT molecular complexity index is 827. The van der Waals surface area contributed by atoms with Crippen LogP contribution in [0.4, 0.5) is 5.82 Å². The van der Waals surface area contributed by atoms with E-state index in [1.165, 1.54) is 29.8 Å². The van der Waals surface area contributed by atoms with Crippen molar-refractivity contribution in [3.8, 4) is 0 Å². The molecule has 1 aliphatic heterocycles. The van der Waals surface area contributed by atoms with Crippen LogP contribution in [0.25, 0.3) is 0 Å². The van der Waals surface area contributed by atoms with Crippen molar-refractivity contribution in [3.05, 3.63) is 72.2 Å². The van der Waals surface area contributed by atoms with Crippen LogP contribution in [-0.4, -0.2) is 32.6 Å². The highest BCUT2D eigenvalue weighted by atomic mass is 15.2. The summed E-state index contributed by atoms with van der Waals surface area (Å²) in [6, 6.07) is 8.23. The molecular formula is C20H23N5. The fourth-order valence-electron chi connectivity index (χ4n) is 3.69. The summed E-state index contributed by atoms with van der Waals surface area (Å²) in [5, 5.41) is 0. The van der Waals surface area contributed by atoms with Crippen molar-refractivity contribution >= 4 is 5.82 Å². The zero-order valence-electron chi connectivity index (χ0n) is 14.5. The number of aryl methyl sites for hydroxylation is 1. The molecule has 0 spiro atoms. The van der Waals surface area contributed by atoms with Gasteiger partial charge >= 0.3 is 0 Å². The summed E-state index contributed by atoms with van der Waals surface area (Å²) in [6.07, 6.45) is 12.0. The van der Waals surface area contributed by atoms with E-state index >= 15 is 0 Å². The number of nitrogens with zero attached hydrogens (tertiary/aromatic N) is 5. The number of hydrogen-bond acceptors (Lipinski definition) is 4. The Morgan fingerprint density at radius 2 is 2.04 bits per heavy atom. The van der Waals surface area contributed by atoms with E-state index < -0.39 is 0 Å². The van der Waals surface area contributed by atoms with Gasteiger partial charge in [0.1, 0.15) is 11.6 Å². The number of pyridine rings is 2. The third-order valence-corrected chi connectivity index (χ3v) is 4.89. The van der Waals surface area contributed by atoms with Crippen LogP contribution in [0, 0.1) is 6.92 Å². The zero-order chi connectivity index (χ0) is 17.1. The fourth-order valence-corrected chi connectivity index (χ4v) is 3.69. The predicted octanol–water partition coefficient (Wildman–Crippen LogP) is 3.41. The Balaban J connectivity index is 1.54. The maximum Gasteiger partial charge on any atom is 0.131 e. The topological polar surface area (TPSA) is 46.8 Å². The highest BCUT2D eigenvalue weighted by molar-refractivity contribution is 5.46. The molecule has 0 unspecified atom stereocenters. The first-order valence-corrected chi connectivity index (χ1v) is 8.88. The normalized spacial score (nSPS) is 17.6. The summed E-state index contributed by atoms with van der Waals surface area (Å²) in [5.41, 5.74) is 2.44. The van der Waals surface area contributed by atoms with Gasteiger partial charge in [-0.15, -0.1) is 0 Å². The first-order valence-electron chi connectivity index (χ1n) is 8.88. The summed E-state index contributed by atoms with van der Waals surface area (Å²) in [7, 11) is 0. The fraction of sp³-hybridized carbons (Fsp3) is 0.350. The van der Waals surface area contributed by atoms with Crippen molar-refractivity contribution in [1.29, 1.82) is 0 Å². The largest absolute Gasteiger partial charge is 0.356 e. The van der Waals surface area contributed by atoms with Crippen LogP contribution in [0.3, 0.4) is 0 Å². The standard InChI is InChI=1S/C20H23N5/c1-16-5-2-9-22-19(16)24-11-4-7-18(15-24)20-23-10-12-25(20)14-17-6-3-8-21-13-17/h2-3,5-6,8-10,12-13,18H,4,7,11,14-15H2,1H3/t18-/m0/s1. The van der Waals surface area contributed by atoms with Crippen LogP contribution in [0.15, 0.2) is 55.2 Å². The quantitative estimate of drug-likeness (QED) is 0.734. The van der Waals surface area contributed by atoms with Gasteiger partial charge < -0.3 is 9.47 Å². The molecule has 3 aromatic heterocycles. The summed E-state index contributed by atoms with van der Waals surface area (Å²) in [5.74, 6) is 2.71. The number of anilines is 1. The SMILES string of the molecule is Cc1cccnc1N1CCC[C@H](c2nccn2Cc2cccnc2)C1. The van der Waals surface area contributed by atoms with Crippen LogP contribution < -0.4 is 4.90 Å². The van der Waals surface area contributed by atoms with E-state index in [2.05, 4.69) is 49.7 Å². The molecule has 0 aromatic carbocycles. The number of rotatable bonds is 4. The van der Waals surface area contributed by atoms with E-state index in [0.717, 1.165) is 25.5 Å². The molecule has 0 radical (unpaired) electrons. The van der Waals surface area contributed by atoms with Gasteiger partial charge in [-0.2, -0.15) is 0 Å². The van der Waals surface area contributed by atoms with Gasteiger partial charge in [-0.1, -0.05) is 12.1 Å². The third-order valence-electron chi connectivity index (χ3n) is 4.89. The maximum absolute atomic E-state index is 4.68. The van der Waals surface area contributed by atoms with E-state index in [1.54, 1.807) is 0 Å². The van der Waals surface area contributed by atoms with Crippen molar-refractivity contribution in [1.82, 2.24) is 19.5 Å². The van der Waals surface area contributed by atoms with E-state index in [-0.39, 0.29) is 0 Å². The van der Waals surface area contributed by atoms with Crippen LogP contribution in [-0.2, 0) is 6.54 Å². The second-order valence-electron chi connectivity index (χ2n) is 6.70. The van der Waals surface area contributed by atoms with Gasteiger partial charge in [0.25, 0.3) is 0 Å². The maximum atomic E-state index is 4.68. The molecular weight excluding hydrogens is 310 g/mol. The second-order valence-corrected chi connectivity index (χ2v) is 6.70. The molecule has 5 nitrogen and oxygen atoms in total. The Kier molecular flexibility index (Phi) is 4.46. The minimum atomic E-state index is 0.432. The van der Waals surface area contributed by atoms with Gasteiger partial charge in [-0.25, -0.2) is 9.97 Å². The Morgan fingerprint density at radius 3 is 2.88 bits per heavy atom. The molecule has 1 aliphatic rings. The van der Waals surface area contributed by atoms with Crippen LogP contribution in [0.1, 0.15) is 35.7 Å². The number of imidazole rings is 1. The average molecular weight is 333 g/mol. The van der Waals surface area contributed by atoms with Crippen LogP contribution in [0.5, 0.6) is 0 Å². The lowest BCUT2D eigenvalue weighted by molar-refractivity contribution is 0.473. The molecule has 0 amide bonds. The van der Waals surface area contributed by atoms with E-state index in [9.17, 15) is 0 Å². The van der Waals surface area contributed by atoms with Crippen molar-refractivity contribution in [3.63, 3.8) is 0 Å². The Hall–Kier alpha value is -2.69. The lowest BCUT2D eigenvalue weighted by Crippen LogP contribution is -2.36. The van der Waals surface area contributed by atoms with Crippen LogP contribution in [0.2, 0.25) is 0 Å². The number of piperidine rings is 1. The molecule has 1 saturated heterocycles. The molecule has 5 heteroatoms. The summed E-state index contributed by atoms with van der Waals surface area (Å²) >= 11 is 0. The van der Waals surface area contributed by atoms with Crippen molar-refractivity contribution in [2.45, 2.75) is 32.2 Å². The van der Waals surface area contributed by atoms with Crippen LogP contribution >= 0.6 is 0 Å². The molecule has 4 heterocycles. The van der Waals surface area contributed by atoms with Gasteiger partial charge in [0.2, 0.25) is 0 Å². The van der Waals surface area contributed by atoms with Gasteiger partial charge in [-0.05, 0) is 43.0 Å². The summed E-state index contributed by atoms with van der Waals surface area (Å²) in [4.78, 5) is 15.9. The highest BCUT2D eigenvalue weighted by Gasteiger charge is 2.26. The van der Waals surface area contributed by atoms with Gasteiger partial charge in [-0.3, -0.25) is 4.98 Å². The van der Waals surface area contributed by atoms with Gasteiger partial charge in [0.15, 0.2) is 0 Å². The van der Waals surface area contributed by atoms with E-state index in [4.69, 9.17) is 0 Å². The molecule has 1 fully saturated rings. The Morgan fingerprint density at radius 1 is 1.12 bits per heavy atom. The van der Waals surface area contributed by atoms with E-state index in [1.807, 2.05) is 36.9 Å². The smallest absolute Gasteiger partial charge is 0.131 e. The lowest BCUT2D eigenvalue weighted by Gasteiger charge is -2.34. The predicted molar refractivity (Wildman–Crippen MR) is 98.7 cm³/mol. The zero-order valence-corrected chi connectivity index (χ0v) is 14.5.